The van der Waals surface area contributed by atoms with Crippen LogP contribution in [0.4, 0.5) is 0 Å². The number of fused-ring (bicyclic) bond motifs is 5. The van der Waals surface area contributed by atoms with Crippen molar-refractivity contribution in [2.24, 2.45) is 40.4 Å². The summed E-state index contributed by atoms with van der Waals surface area (Å²) in [5, 5.41) is 20.9. The fourth-order valence-electron chi connectivity index (χ4n) is 8.75. The van der Waals surface area contributed by atoms with Crippen LogP contribution < -0.4 is 5.32 Å². The Morgan fingerprint density at radius 1 is 0.951 bits per heavy atom. The van der Waals surface area contributed by atoms with E-state index < -0.39 is 15.9 Å². The van der Waals surface area contributed by atoms with Gasteiger partial charge in [-0.2, -0.15) is 8.42 Å². The quantitative estimate of drug-likeness (QED) is 0.259. The first-order valence-electron chi connectivity index (χ1n) is 16.1. The van der Waals surface area contributed by atoms with Gasteiger partial charge in [-0.25, -0.2) is 0 Å². The van der Waals surface area contributed by atoms with Gasteiger partial charge in [0, 0.05) is 20.1 Å². The van der Waals surface area contributed by atoms with Crippen LogP contribution in [-0.2, 0) is 19.7 Å². The zero-order valence-corrected chi connectivity index (χ0v) is 28.0. The lowest BCUT2D eigenvalue weighted by atomic mass is 9.44. The summed E-state index contributed by atoms with van der Waals surface area (Å²) in [6.45, 7) is 15.2. The maximum Gasteiger partial charge on any atom is 0.266 e. The Kier molecular flexibility index (Phi) is 18.8. The molecule has 4 rings (SSSR count). The predicted molar refractivity (Wildman–Crippen MR) is 167 cm³/mol. The second-order valence-electron chi connectivity index (χ2n) is 12.6. The Bertz CT molecular complexity index is 838. The average molecular weight is 606 g/mol. The van der Waals surface area contributed by atoms with Crippen molar-refractivity contribution in [1.82, 2.24) is 5.32 Å². The summed E-state index contributed by atoms with van der Waals surface area (Å²) in [7, 11) is -3.04. The zero-order chi connectivity index (χ0) is 31.9. The Labute approximate surface area is 251 Å². The molecule has 0 aromatic rings. The van der Waals surface area contributed by atoms with Crippen LogP contribution in [0.5, 0.6) is 0 Å². The Balaban J connectivity index is 0.00000161. The van der Waals surface area contributed by atoms with Gasteiger partial charge in [0.05, 0.1) is 11.9 Å². The van der Waals surface area contributed by atoms with Gasteiger partial charge in [-0.05, 0) is 98.2 Å². The molecule has 0 saturated heterocycles. The van der Waals surface area contributed by atoms with E-state index in [-0.39, 0.29) is 24.0 Å². The molecule has 0 aromatic carbocycles. The smallest absolute Gasteiger partial charge is 0.266 e. The van der Waals surface area contributed by atoms with Gasteiger partial charge in [-0.3, -0.25) is 9.35 Å². The van der Waals surface area contributed by atoms with Crippen molar-refractivity contribution in [3.8, 4) is 0 Å². The van der Waals surface area contributed by atoms with E-state index >= 15 is 0 Å². The van der Waals surface area contributed by atoms with Gasteiger partial charge < -0.3 is 20.3 Å². The number of hydrogen-bond acceptors (Lipinski definition) is 6. The lowest BCUT2D eigenvalue weighted by molar-refractivity contribution is -0.162. The molecule has 41 heavy (non-hydrogen) atoms. The zero-order valence-electron chi connectivity index (χ0n) is 27.2. The van der Waals surface area contributed by atoms with Crippen molar-refractivity contribution in [2.45, 2.75) is 131 Å². The van der Waals surface area contributed by atoms with Crippen molar-refractivity contribution >= 4 is 22.8 Å². The lowest BCUT2D eigenvalue weighted by Crippen LogP contribution is -2.57. The molecule has 4 fully saturated rings. The van der Waals surface area contributed by atoms with Crippen LogP contribution in [0.1, 0.15) is 125 Å². The van der Waals surface area contributed by atoms with Gasteiger partial charge >= 0.3 is 0 Å². The maximum absolute atomic E-state index is 12.0. The summed E-state index contributed by atoms with van der Waals surface area (Å²) < 4.78 is 30.3. The number of amides is 1. The van der Waals surface area contributed by atoms with Crippen LogP contribution in [0.15, 0.2) is 0 Å². The van der Waals surface area contributed by atoms with Crippen molar-refractivity contribution in [3.63, 3.8) is 0 Å². The molecular weight excluding hydrogens is 542 g/mol. The van der Waals surface area contributed by atoms with Crippen molar-refractivity contribution in [3.05, 3.63) is 0 Å². The number of carbonyl (C=O) groups is 2. The molecule has 6 unspecified atom stereocenters. The molecule has 4 aliphatic carbocycles. The van der Waals surface area contributed by atoms with Gasteiger partial charge in [0.25, 0.3) is 10.1 Å². The number of aliphatic hydroxyl groups excluding tert-OH is 2. The Hall–Kier alpha value is -1.03. The molecule has 0 heterocycles. The van der Waals surface area contributed by atoms with Crippen LogP contribution in [0, 0.1) is 40.4 Å². The third-order valence-electron chi connectivity index (χ3n) is 10.4. The SMILES string of the molecule is C=O.CC.CC12CC[C@H]3C(C(O)CC4CCCCC43C)[C@@H]1CCC2CCCC(=O)NCCS(=O)(=O)O.CCC.CO. The van der Waals surface area contributed by atoms with Gasteiger partial charge in [-0.15, -0.1) is 0 Å². The first kappa shape index (κ1) is 40.0. The fraction of sp³-hybridized carbons (Fsp3) is 0.938. The summed E-state index contributed by atoms with van der Waals surface area (Å²) in [6.07, 6.45) is 14.5. The van der Waals surface area contributed by atoms with Crippen LogP contribution >= 0.6 is 0 Å². The summed E-state index contributed by atoms with van der Waals surface area (Å²) in [5.41, 5.74) is 0.684. The predicted octanol–water partition coefficient (Wildman–Crippen LogP) is 6.05. The van der Waals surface area contributed by atoms with E-state index in [1.807, 2.05) is 20.6 Å². The van der Waals surface area contributed by atoms with Crippen LogP contribution in [0.3, 0.4) is 0 Å². The van der Waals surface area contributed by atoms with E-state index in [2.05, 4.69) is 33.0 Å². The number of nitrogens with one attached hydrogen (secondary N) is 1. The molecule has 0 spiro atoms. The molecule has 8 atom stereocenters. The summed E-state index contributed by atoms with van der Waals surface area (Å²) >= 11 is 0. The highest BCUT2D eigenvalue weighted by atomic mass is 32.2. The number of aliphatic hydroxyl groups is 2. The second kappa shape index (κ2) is 19.3. The highest BCUT2D eigenvalue weighted by Crippen LogP contribution is 2.67. The molecule has 1 amide bonds. The molecule has 0 aliphatic heterocycles. The van der Waals surface area contributed by atoms with E-state index in [4.69, 9.17) is 14.5 Å². The van der Waals surface area contributed by atoms with Gasteiger partial charge in [0.2, 0.25) is 5.91 Å². The van der Waals surface area contributed by atoms with Crippen molar-refractivity contribution < 1.29 is 32.8 Å². The highest BCUT2D eigenvalue weighted by molar-refractivity contribution is 7.85. The van der Waals surface area contributed by atoms with E-state index in [9.17, 15) is 18.3 Å². The largest absolute Gasteiger partial charge is 0.400 e. The second-order valence-corrected chi connectivity index (χ2v) is 14.2. The third-order valence-corrected chi connectivity index (χ3v) is 11.2. The van der Waals surface area contributed by atoms with Crippen LogP contribution in [0.2, 0.25) is 0 Å². The molecule has 0 aromatic heterocycles. The number of rotatable bonds is 7. The highest BCUT2D eigenvalue weighted by Gasteiger charge is 2.61. The lowest BCUT2D eigenvalue weighted by Gasteiger charge is -2.62. The first-order valence-corrected chi connectivity index (χ1v) is 17.7. The molecule has 4 N–H and O–H groups in total. The average Bonchev–Trinajstić information content (AvgIpc) is 3.28. The van der Waals surface area contributed by atoms with E-state index in [0.717, 1.165) is 26.4 Å². The van der Waals surface area contributed by atoms with E-state index in [1.54, 1.807) is 0 Å². The fourth-order valence-corrected chi connectivity index (χ4v) is 9.11. The normalized spacial score (nSPS) is 35.0. The van der Waals surface area contributed by atoms with Gasteiger partial charge in [-0.1, -0.05) is 60.8 Å². The van der Waals surface area contributed by atoms with Gasteiger partial charge in [0.15, 0.2) is 0 Å². The minimum absolute atomic E-state index is 0.0401. The van der Waals surface area contributed by atoms with E-state index in [1.165, 1.54) is 57.8 Å². The Morgan fingerprint density at radius 2 is 1.54 bits per heavy atom. The molecular formula is C32H63NO7S. The third kappa shape index (κ3) is 10.6. The molecule has 0 radical (unpaired) electrons. The molecule has 0 bridgehead atoms. The van der Waals surface area contributed by atoms with Crippen LogP contribution in [0.25, 0.3) is 0 Å². The Morgan fingerprint density at radius 3 is 2.12 bits per heavy atom. The van der Waals surface area contributed by atoms with Crippen molar-refractivity contribution in [2.75, 3.05) is 19.4 Å². The minimum Gasteiger partial charge on any atom is -0.400 e. The van der Waals surface area contributed by atoms with Crippen LogP contribution in [-0.4, -0.2) is 61.4 Å². The molecule has 9 heteroatoms. The molecule has 244 valence electrons. The summed E-state index contributed by atoms with van der Waals surface area (Å²) in [5.74, 6) is 2.44. The van der Waals surface area contributed by atoms with Crippen molar-refractivity contribution in [1.29, 1.82) is 0 Å². The molecule has 4 saturated carbocycles. The monoisotopic (exact) mass is 605 g/mol. The van der Waals surface area contributed by atoms with E-state index in [0.29, 0.717) is 41.4 Å². The number of hydrogen-bond donors (Lipinski definition) is 4. The first-order chi connectivity index (χ1) is 19.5. The maximum atomic E-state index is 12.0. The molecule has 8 nitrogen and oxygen atoms in total. The topological polar surface area (TPSA) is 141 Å². The van der Waals surface area contributed by atoms with Gasteiger partial charge in [0.1, 0.15) is 6.79 Å². The summed E-state index contributed by atoms with van der Waals surface area (Å²) in [6, 6.07) is 0. The number of carbonyl (C=O) groups excluding carboxylic acids is 2. The summed E-state index contributed by atoms with van der Waals surface area (Å²) in [4.78, 5) is 20.0. The standard InChI is InChI=1S/C25H43NO5S.C3H8.C2H6.CH4O.CH2O/c1-24-12-4-3-6-18(24)16-21(27)23-19-10-9-17(25(19,2)13-11-20(23)24)7-5-8-22(28)26-14-15-32(29,30)31;1-3-2;3*1-2/h17-21,23,27H,3-16H2,1-2H3,(H,26,28)(H,29,30,31);3H2,1-2H3;1-2H3;2H,1H3;1H2/t17?,18?,19-,20-,21?,23?,24?,25?;;;;/m0..../s1. The molecule has 4 aliphatic rings. The minimum atomic E-state index is -4.04.